The third-order valence-corrected chi connectivity index (χ3v) is 3.64. The van der Waals surface area contributed by atoms with Gasteiger partial charge >= 0.3 is 6.18 Å². The zero-order valence-electron chi connectivity index (χ0n) is 10.1. The van der Waals surface area contributed by atoms with Gasteiger partial charge in [0.1, 0.15) is 0 Å². The van der Waals surface area contributed by atoms with E-state index in [-0.39, 0.29) is 5.92 Å². The Labute approximate surface area is 104 Å². The van der Waals surface area contributed by atoms with E-state index in [0.717, 1.165) is 12.1 Å². The summed E-state index contributed by atoms with van der Waals surface area (Å²) in [5.41, 5.74) is -1.53. The van der Waals surface area contributed by atoms with Crippen LogP contribution < -0.4 is 5.32 Å². The average Bonchev–Trinajstić information content (AvgIpc) is 2.32. The number of piperidine rings is 1. The number of hydrogen-bond donors (Lipinski definition) is 2. The quantitative estimate of drug-likeness (QED) is 0.812. The van der Waals surface area contributed by atoms with Gasteiger partial charge in [0.2, 0.25) is 0 Å². The highest BCUT2D eigenvalue weighted by atomic mass is 19.4. The van der Waals surface area contributed by atoms with Gasteiger partial charge in [-0.25, -0.2) is 0 Å². The molecule has 0 aromatic heterocycles. The fourth-order valence-electron chi connectivity index (χ4n) is 2.41. The molecule has 1 heterocycles. The molecule has 2 unspecified atom stereocenters. The number of nitrogens with one attached hydrogen (secondary N) is 1. The summed E-state index contributed by atoms with van der Waals surface area (Å²) < 4.78 is 38.0. The van der Waals surface area contributed by atoms with Crippen molar-refractivity contribution in [2.24, 2.45) is 5.92 Å². The molecule has 2 atom stereocenters. The molecule has 100 valence electrons. The van der Waals surface area contributed by atoms with Gasteiger partial charge < -0.3 is 10.4 Å². The summed E-state index contributed by atoms with van der Waals surface area (Å²) in [7, 11) is 0. The van der Waals surface area contributed by atoms with Crippen LogP contribution in [0.5, 0.6) is 0 Å². The Bertz CT molecular complexity index is 432. The second-order valence-corrected chi connectivity index (χ2v) is 4.86. The molecule has 5 heteroatoms. The van der Waals surface area contributed by atoms with E-state index in [9.17, 15) is 18.3 Å². The fourth-order valence-corrected chi connectivity index (χ4v) is 2.41. The monoisotopic (exact) mass is 259 g/mol. The van der Waals surface area contributed by atoms with E-state index in [2.05, 4.69) is 5.32 Å². The van der Waals surface area contributed by atoms with Crippen molar-refractivity contribution in [3.05, 3.63) is 35.4 Å². The Morgan fingerprint density at radius 3 is 2.72 bits per heavy atom. The average molecular weight is 259 g/mol. The molecule has 2 nitrogen and oxygen atoms in total. The highest BCUT2D eigenvalue weighted by Gasteiger charge is 2.39. The first kappa shape index (κ1) is 13.4. The van der Waals surface area contributed by atoms with Gasteiger partial charge in [0, 0.05) is 12.5 Å². The largest absolute Gasteiger partial charge is 0.416 e. The molecular formula is C13H16F3NO. The van der Waals surface area contributed by atoms with Crippen molar-refractivity contribution in [2.75, 3.05) is 13.1 Å². The van der Waals surface area contributed by atoms with Gasteiger partial charge in [0.25, 0.3) is 0 Å². The Balaban J connectivity index is 2.38. The number of rotatable bonds is 1. The van der Waals surface area contributed by atoms with Crippen LogP contribution >= 0.6 is 0 Å². The molecule has 0 saturated carbocycles. The maximum Gasteiger partial charge on any atom is 0.416 e. The summed E-state index contributed by atoms with van der Waals surface area (Å²) in [6.07, 6.45) is -3.95. The highest BCUT2D eigenvalue weighted by Crippen LogP contribution is 2.37. The van der Waals surface area contributed by atoms with Crippen LogP contribution in [0.25, 0.3) is 0 Å². The van der Waals surface area contributed by atoms with Gasteiger partial charge in [-0.2, -0.15) is 13.2 Å². The first-order valence-corrected chi connectivity index (χ1v) is 5.95. The SMILES string of the molecule is CC1CNCCC1(O)c1cccc(C(F)(F)F)c1. The molecule has 0 spiro atoms. The van der Waals surface area contributed by atoms with Crippen molar-refractivity contribution in [3.63, 3.8) is 0 Å². The maximum absolute atomic E-state index is 12.7. The Morgan fingerprint density at radius 1 is 1.39 bits per heavy atom. The van der Waals surface area contributed by atoms with Crippen molar-refractivity contribution in [2.45, 2.75) is 25.1 Å². The first-order valence-electron chi connectivity index (χ1n) is 5.95. The van der Waals surface area contributed by atoms with Crippen LogP contribution in [-0.2, 0) is 11.8 Å². The molecule has 0 amide bonds. The van der Waals surface area contributed by atoms with Crippen molar-refractivity contribution in [3.8, 4) is 0 Å². The number of alkyl halides is 3. The third kappa shape index (κ3) is 2.37. The minimum atomic E-state index is -4.37. The molecule has 1 aromatic rings. The normalized spacial score (nSPS) is 29.3. The number of hydrogen-bond acceptors (Lipinski definition) is 2. The number of benzene rings is 1. The lowest BCUT2D eigenvalue weighted by atomic mass is 9.77. The van der Waals surface area contributed by atoms with Gasteiger partial charge in [-0.3, -0.25) is 0 Å². The van der Waals surface area contributed by atoms with Gasteiger partial charge in [-0.1, -0.05) is 19.1 Å². The minimum Gasteiger partial charge on any atom is -0.385 e. The van der Waals surface area contributed by atoms with E-state index in [0.29, 0.717) is 25.1 Å². The molecule has 1 aromatic carbocycles. The number of aliphatic hydroxyl groups is 1. The molecule has 18 heavy (non-hydrogen) atoms. The molecule has 1 saturated heterocycles. The highest BCUT2D eigenvalue weighted by molar-refractivity contribution is 5.31. The molecule has 2 N–H and O–H groups in total. The van der Waals surface area contributed by atoms with Crippen LogP contribution in [0.3, 0.4) is 0 Å². The zero-order chi connectivity index (χ0) is 13.4. The second-order valence-electron chi connectivity index (χ2n) is 4.86. The van der Waals surface area contributed by atoms with E-state index in [1.165, 1.54) is 6.07 Å². The Kier molecular flexibility index (Phi) is 3.38. The molecule has 0 bridgehead atoms. The molecule has 0 radical (unpaired) electrons. The van der Waals surface area contributed by atoms with E-state index in [1.54, 1.807) is 6.07 Å². The summed E-state index contributed by atoms with van der Waals surface area (Å²) in [6, 6.07) is 5.00. The maximum atomic E-state index is 12.7. The van der Waals surface area contributed by atoms with Crippen LogP contribution in [0.15, 0.2) is 24.3 Å². The Morgan fingerprint density at radius 2 is 2.11 bits per heavy atom. The third-order valence-electron chi connectivity index (χ3n) is 3.64. The van der Waals surface area contributed by atoms with Crippen molar-refractivity contribution >= 4 is 0 Å². The molecule has 2 rings (SSSR count). The molecular weight excluding hydrogens is 243 g/mol. The zero-order valence-corrected chi connectivity index (χ0v) is 10.1. The topological polar surface area (TPSA) is 32.3 Å². The summed E-state index contributed by atoms with van der Waals surface area (Å²) >= 11 is 0. The summed E-state index contributed by atoms with van der Waals surface area (Å²) in [5.74, 6) is -0.116. The van der Waals surface area contributed by atoms with Crippen LogP contribution in [-0.4, -0.2) is 18.2 Å². The van der Waals surface area contributed by atoms with Crippen LogP contribution in [0, 0.1) is 5.92 Å². The predicted octanol–water partition coefficient (Wildman–Crippen LogP) is 2.52. The van der Waals surface area contributed by atoms with Gasteiger partial charge in [0.15, 0.2) is 0 Å². The molecule has 1 aliphatic rings. The Hall–Kier alpha value is -1.07. The van der Waals surface area contributed by atoms with Crippen LogP contribution in [0.2, 0.25) is 0 Å². The lowest BCUT2D eigenvalue weighted by Gasteiger charge is -2.39. The van der Waals surface area contributed by atoms with Gasteiger partial charge in [-0.15, -0.1) is 0 Å². The van der Waals surface area contributed by atoms with E-state index in [1.807, 2.05) is 6.92 Å². The smallest absolute Gasteiger partial charge is 0.385 e. The standard InChI is InChI=1S/C13H16F3NO/c1-9-8-17-6-5-12(9,18)10-3-2-4-11(7-10)13(14,15)16/h2-4,7,9,17-18H,5-6,8H2,1H3. The molecule has 1 aliphatic heterocycles. The lowest BCUT2D eigenvalue weighted by molar-refractivity contribution is -0.137. The minimum absolute atomic E-state index is 0.116. The predicted molar refractivity (Wildman–Crippen MR) is 62.0 cm³/mol. The molecule has 0 aliphatic carbocycles. The number of halogens is 3. The first-order chi connectivity index (χ1) is 8.34. The second kappa shape index (κ2) is 4.55. The summed E-state index contributed by atoms with van der Waals surface area (Å²) in [4.78, 5) is 0. The van der Waals surface area contributed by atoms with Crippen molar-refractivity contribution in [1.29, 1.82) is 0 Å². The van der Waals surface area contributed by atoms with Crippen molar-refractivity contribution < 1.29 is 18.3 Å². The van der Waals surface area contributed by atoms with Gasteiger partial charge in [-0.05, 0) is 30.7 Å². The van der Waals surface area contributed by atoms with E-state index < -0.39 is 17.3 Å². The molecule has 1 fully saturated rings. The van der Waals surface area contributed by atoms with Crippen LogP contribution in [0.4, 0.5) is 13.2 Å². The fraction of sp³-hybridized carbons (Fsp3) is 0.538. The van der Waals surface area contributed by atoms with Gasteiger partial charge in [0.05, 0.1) is 11.2 Å². The lowest BCUT2D eigenvalue weighted by Crippen LogP contribution is -2.46. The summed E-state index contributed by atoms with van der Waals surface area (Å²) in [6.45, 7) is 3.05. The van der Waals surface area contributed by atoms with Crippen molar-refractivity contribution in [1.82, 2.24) is 5.32 Å². The van der Waals surface area contributed by atoms with E-state index in [4.69, 9.17) is 0 Å². The van der Waals surface area contributed by atoms with Crippen LogP contribution in [0.1, 0.15) is 24.5 Å². The van der Waals surface area contributed by atoms with E-state index >= 15 is 0 Å². The summed E-state index contributed by atoms with van der Waals surface area (Å²) in [5, 5.41) is 13.7.